The summed E-state index contributed by atoms with van der Waals surface area (Å²) in [5.41, 5.74) is 6.50. The molecule has 3 aromatic carbocycles. The van der Waals surface area contributed by atoms with Crippen molar-refractivity contribution in [1.82, 2.24) is 10.3 Å². The number of fused-ring (bicyclic) bond motifs is 1. The maximum Gasteiger partial charge on any atom is 0.252 e. The molecule has 4 rings (SSSR count). The zero-order chi connectivity index (χ0) is 21.8. The molecule has 0 saturated heterocycles. The lowest BCUT2D eigenvalue weighted by atomic mass is 10.0. The van der Waals surface area contributed by atoms with Crippen molar-refractivity contribution in [3.63, 3.8) is 0 Å². The lowest BCUT2D eigenvalue weighted by Crippen LogP contribution is -2.23. The van der Waals surface area contributed by atoms with Crippen LogP contribution in [0.2, 0.25) is 0 Å². The van der Waals surface area contributed by atoms with E-state index in [0.717, 1.165) is 39.0 Å². The van der Waals surface area contributed by atoms with Crippen LogP contribution in [-0.4, -0.2) is 17.5 Å². The first kappa shape index (κ1) is 20.6. The fraction of sp³-hybridized carbons (Fsp3) is 0.185. The molecule has 31 heavy (non-hydrogen) atoms. The molecule has 4 aromatic rings. The van der Waals surface area contributed by atoms with E-state index in [1.165, 1.54) is 5.56 Å². The molecule has 1 aromatic heterocycles. The Kier molecular flexibility index (Phi) is 5.99. The molecular weight excluding hydrogens is 384 g/mol. The highest BCUT2D eigenvalue weighted by molar-refractivity contribution is 6.07. The zero-order valence-electron chi connectivity index (χ0n) is 18.1. The van der Waals surface area contributed by atoms with E-state index in [1.54, 1.807) is 0 Å². The van der Waals surface area contributed by atoms with Gasteiger partial charge in [0.15, 0.2) is 0 Å². The molecule has 0 saturated carbocycles. The van der Waals surface area contributed by atoms with Gasteiger partial charge in [0.1, 0.15) is 5.75 Å². The lowest BCUT2D eigenvalue weighted by molar-refractivity contribution is 0.0952. The molecule has 0 unspecified atom stereocenters. The molecule has 1 N–H and O–H groups in total. The minimum atomic E-state index is -0.106. The van der Waals surface area contributed by atoms with Crippen LogP contribution in [0.1, 0.15) is 34.0 Å². The van der Waals surface area contributed by atoms with Gasteiger partial charge < -0.3 is 10.1 Å². The number of rotatable bonds is 6. The lowest BCUT2D eigenvalue weighted by Gasteiger charge is -2.12. The van der Waals surface area contributed by atoms with Crippen LogP contribution in [0.15, 0.2) is 72.8 Å². The number of aryl methyl sites for hydroxylation is 2. The van der Waals surface area contributed by atoms with E-state index >= 15 is 0 Å². The number of aromatic nitrogens is 1. The zero-order valence-corrected chi connectivity index (χ0v) is 18.1. The van der Waals surface area contributed by atoms with Crippen molar-refractivity contribution >= 4 is 16.8 Å². The molecule has 0 atom stereocenters. The van der Waals surface area contributed by atoms with Crippen LogP contribution in [0.5, 0.6) is 5.75 Å². The molecule has 1 amide bonds. The molecule has 0 bridgehead atoms. The summed E-state index contributed by atoms with van der Waals surface area (Å²) < 4.78 is 5.54. The second kappa shape index (κ2) is 9.00. The summed E-state index contributed by atoms with van der Waals surface area (Å²) >= 11 is 0. The van der Waals surface area contributed by atoms with Gasteiger partial charge in [-0.1, -0.05) is 41.5 Å². The first-order valence-corrected chi connectivity index (χ1v) is 10.5. The van der Waals surface area contributed by atoms with Crippen molar-refractivity contribution in [2.75, 3.05) is 6.61 Å². The summed E-state index contributed by atoms with van der Waals surface area (Å²) in [6.07, 6.45) is 0. The third-order valence-electron chi connectivity index (χ3n) is 5.24. The second-order valence-corrected chi connectivity index (χ2v) is 7.70. The fourth-order valence-electron chi connectivity index (χ4n) is 3.55. The fourth-order valence-corrected chi connectivity index (χ4v) is 3.55. The second-order valence-electron chi connectivity index (χ2n) is 7.70. The van der Waals surface area contributed by atoms with E-state index in [1.807, 2.05) is 74.5 Å². The minimum absolute atomic E-state index is 0.106. The number of carbonyl (C=O) groups excluding carboxylic acids is 1. The summed E-state index contributed by atoms with van der Waals surface area (Å²) in [7, 11) is 0. The van der Waals surface area contributed by atoms with Crippen LogP contribution in [0.25, 0.3) is 22.2 Å². The number of amides is 1. The molecule has 0 aliphatic carbocycles. The van der Waals surface area contributed by atoms with Crippen LogP contribution in [-0.2, 0) is 6.54 Å². The number of benzene rings is 3. The molecule has 4 heteroatoms. The molecular formula is C27H26N2O2. The number of hydrogen-bond acceptors (Lipinski definition) is 3. The summed E-state index contributed by atoms with van der Waals surface area (Å²) in [6, 6.07) is 23.9. The topological polar surface area (TPSA) is 51.2 Å². The first-order valence-electron chi connectivity index (χ1n) is 10.5. The molecule has 0 spiro atoms. The molecule has 0 fully saturated rings. The molecule has 4 nitrogen and oxygen atoms in total. The number of ether oxygens (including phenoxy) is 1. The van der Waals surface area contributed by atoms with E-state index in [2.05, 4.69) is 24.4 Å². The standard InChI is InChI=1S/C27H26N2O2/c1-4-31-22-12-10-21(11-13-22)26-16-24(23-15-19(3)7-14-25(23)29-26)27(30)28-17-20-8-5-18(2)6-9-20/h5-16H,4,17H2,1-3H3,(H,28,30). The molecule has 0 aliphatic rings. The van der Waals surface area contributed by atoms with E-state index in [-0.39, 0.29) is 5.91 Å². The third kappa shape index (κ3) is 4.75. The van der Waals surface area contributed by atoms with E-state index in [9.17, 15) is 4.79 Å². The van der Waals surface area contributed by atoms with Crippen molar-refractivity contribution in [2.24, 2.45) is 0 Å². The predicted molar refractivity (Wildman–Crippen MR) is 125 cm³/mol. The van der Waals surface area contributed by atoms with Gasteiger partial charge >= 0.3 is 0 Å². The summed E-state index contributed by atoms with van der Waals surface area (Å²) in [6.45, 7) is 7.14. The smallest absolute Gasteiger partial charge is 0.252 e. The summed E-state index contributed by atoms with van der Waals surface area (Å²) in [5.74, 6) is 0.712. The Morgan fingerprint density at radius 3 is 2.32 bits per heavy atom. The van der Waals surface area contributed by atoms with Gasteiger partial charge in [-0.15, -0.1) is 0 Å². The number of hydrogen-bond donors (Lipinski definition) is 1. The normalized spacial score (nSPS) is 10.8. The molecule has 0 aliphatic heterocycles. The van der Waals surface area contributed by atoms with Gasteiger partial charge in [0.05, 0.1) is 23.4 Å². The van der Waals surface area contributed by atoms with E-state index in [4.69, 9.17) is 9.72 Å². The Bertz CT molecular complexity index is 1210. The Morgan fingerprint density at radius 1 is 0.903 bits per heavy atom. The molecule has 0 radical (unpaired) electrons. The van der Waals surface area contributed by atoms with Crippen molar-refractivity contribution in [1.29, 1.82) is 0 Å². The Labute approximate surface area is 182 Å². The summed E-state index contributed by atoms with van der Waals surface area (Å²) in [5, 5.41) is 3.92. The maximum atomic E-state index is 13.2. The van der Waals surface area contributed by atoms with Gasteiger partial charge in [-0.2, -0.15) is 0 Å². The van der Waals surface area contributed by atoms with Gasteiger partial charge in [0.25, 0.3) is 5.91 Å². The monoisotopic (exact) mass is 410 g/mol. The average molecular weight is 411 g/mol. The number of nitrogens with zero attached hydrogens (tertiary/aromatic N) is 1. The maximum absolute atomic E-state index is 13.2. The minimum Gasteiger partial charge on any atom is -0.494 e. The molecule has 1 heterocycles. The van der Waals surface area contributed by atoms with Crippen molar-refractivity contribution < 1.29 is 9.53 Å². The molecule has 156 valence electrons. The van der Waals surface area contributed by atoms with Crippen molar-refractivity contribution in [2.45, 2.75) is 27.3 Å². The Morgan fingerprint density at radius 2 is 1.61 bits per heavy atom. The Hall–Kier alpha value is -3.66. The largest absolute Gasteiger partial charge is 0.494 e. The van der Waals surface area contributed by atoms with Gasteiger partial charge in [0, 0.05) is 17.5 Å². The van der Waals surface area contributed by atoms with Crippen LogP contribution in [0, 0.1) is 13.8 Å². The van der Waals surface area contributed by atoms with Crippen molar-refractivity contribution in [3.05, 3.63) is 95.1 Å². The predicted octanol–water partition coefficient (Wildman–Crippen LogP) is 5.85. The van der Waals surface area contributed by atoms with Crippen molar-refractivity contribution in [3.8, 4) is 17.0 Å². The van der Waals surface area contributed by atoms with Crippen LogP contribution >= 0.6 is 0 Å². The highest BCUT2D eigenvalue weighted by Crippen LogP contribution is 2.27. The van der Waals surface area contributed by atoms with Crippen LogP contribution < -0.4 is 10.1 Å². The number of pyridine rings is 1. The third-order valence-corrected chi connectivity index (χ3v) is 5.24. The average Bonchev–Trinajstić information content (AvgIpc) is 2.78. The van der Waals surface area contributed by atoms with E-state index < -0.39 is 0 Å². The highest BCUT2D eigenvalue weighted by Gasteiger charge is 2.14. The van der Waals surface area contributed by atoms with Gasteiger partial charge in [0.2, 0.25) is 0 Å². The van der Waals surface area contributed by atoms with E-state index in [0.29, 0.717) is 18.7 Å². The highest BCUT2D eigenvalue weighted by atomic mass is 16.5. The number of carbonyl (C=O) groups is 1. The van der Waals surface area contributed by atoms with Gasteiger partial charge in [-0.3, -0.25) is 4.79 Å². The quantitative estimate of drug-likeness (QED) is 0.434. The van der Waals surface area contributed by atoms with Gasteiger partial charge in [-0.25, -0.2) is 4.98 Å². The Balaban J connectivity index is 1.69. The first-order chi connectivity index (χ1) is 15.0. The van der Waals surface area contributed by atoms with Crippen LogP contribution in [0.3, 0.4) is 0 Å². The van der Waals surface area contributed by atoms with Crippen LogP contribution in [0.4, 0.5) is 0 Å². The SMILES string of the molecule is CCOc1ccc(-c2cc(C(=O)NCc3ccc(C)cc3)c3cc(C)ccc3n2)cc1. The van der Waals surface area contributed by atoms with Gasteiger partial charge in [-0.05, 0) is 68.8 Å². The summed E-state index contributed by atoms with van der Waals surface area (Å²) in [4.78, 5) is 18.0. The number of nitrogens with one attached hydrogen (secondary N) is 1.